The minimum Gasteiger partial charge on any atom is -0.748 e. The summed E-state index contributed by atoms with van der Waals surface area (Å²) in [5.41, 5.74) is 1.43. The number of aromatic hydroxyl groups is 1. The Morgan fingerprint density at radius 1 is 1.39 bits per heavy atom. The van der Waals surface area contributed by atoms with Crippen LogP contribution in [0.2, 0.25) is 0 Å². The van der Waals surface area contributed by atoms with Gasteiger partial charge in [0.25, 0.3) is 0 Å². The van der Waals surface area contributed by atoms with Crippen LogP contribution < -0.4 is 34.5 Å². The topological polar surface area (TPSA) is 80.7 Å². The monoisotopic (exact) mass is 349 g/mol. The van der Waals surface area contributed by atoms with Crippen molar-refractivity contribution < 1.29 is 47.6 Å². The molecule has 0 saturated carbocycles. The van der Waals surface area contributed by atoms with Crippen LogP contribution in [0.4, 0.5) is 5.69 Å². The van der Waals surface area contributed by atoms with Crippen LogP contribution in [0.25, 0.3) is 0 Å². The first-order chi connectivity index (χ1) is 10.1. The third-order valence-corrected chi connectivity index (χ3v) is 5.17. The molecule has 1 aromatic carbocycles. The molecule has 2 rings (SSSR count). The normalized spacial score (nSPS) is 19.8. The van der Waals surface area contributed by atoms with Gasteiger partial charge in [-0.05, 0) is 38.3 Å². The number of phenolic OH excluding ortho intramolecular Hbond substituents is 1. The van der Waals surface area contributed by atoms with Gasteiger partial charge in [0.2, 0.25) is 0 Å². The molecule has 1 unspecified atom stereocenters. The Morgan fingerprint density at radius 2 is 2.04 bits per heavy atom. The molecule has 0 radical (unpaired) electrons. The summed E-state index contributed by atoms with van der Waals surface area (Å²) in [4.78, 5) is 2.22. The van der Waals surface area contributed by atoms with E-state index in [9.17, 15) is 18.1 Å². The summed E-state index contributed by atoms with van der Waals surface area (Å²) in [6, 6.07) is 4.98. The molecule has 23 heavy (non-hydrogen) atoms. The van der Waals surface area contributed by atoms with E-state index in [0.717, 1.165) is 30.6 Å². The molecular formula is C16H24NNaO4S. The molecule has 0 aromatic heterocycles. The summed E-state index contributed by atoms with van der Waals surface area (Å²) < 4.78 is 33.7. The smallest absolute Gasteiger partial charge is 0.748 e. The van der Waals surface area contributed by atoms with E-state index in [1.54, 1.807) is 18.2 Å². The van der Waals surface area contributed by atoms with Gasteiger partial charge in [-0.25, -0.2) is 8.42 Å². The Labute approximate surface area is 161 Å². The molecule has 0 aliphatic carbocycles. The van der Waals surface area contributed by atoms with Crippen molar-refractivity contribution in [1.82, 2.24) is 0 Å². The molecule has 124 valence electrons. The average Bonchev–Trinajstić information content (AvgIpc) is 2.35. The third-order valence-electron chi connectivity index (χ3n) is 4.36. The zero-order chi connectivity index (χ0) is 16.5. The van der Waals surface area contributed by atoms with Crippen LogP contribution in [0.1, 0.15) is 51.5 Å². The van der Waals surface area contributed by atoms with Gasteiger partial charge in [0.05, 0.1) is 10.1 Å². The molecule has 1 N–H and O–H groups in total. The van der Waals surface area contributed by atoms with E-state index < -0.39 is 15.9 Å². The molecule has 1 aliphatic rings. The molecule has 0 fully saturated rings. The summed E-state index contributed by atoms with van der Waals surface area (Å²) in [7, 11) is -4.29. The van der Waals surface area contributed by atoms with Gasteiger partial charge in [-0.3, -0.25) is 0 Å². The van der Waals surface area contributed by atoms with Crippen LogP contribution in [0.3, 0.4) is 0 Å². The predicted octanol–water partition coefficient (Wildman–Crippen LogP) is -0.186. The number of hydrogen-bond donors (Lipinski definition) is 1. The SMILES string of the molecule is CCCCN1c2cc(O)ccc2C(CS(=O)(=O)[O-])CC1(C)C.[Na+]. The van der Waals surface area contributed by atoms with Gasteiger partial charge in [0.15, 0.2) is 0 Å². The van der Waals surface area contributed by atoms with Crippen LogP contribution in [0.15, 0.2) is 18.2 Å². The molecule has 0 spiro atoms. The first-order valence-corrected chi connectivity index (χ1v) is 9.26. The molecule has 0 bridgehead atoms. The van der Waals surface area contributed by atoms with Crippen LogP contribution >= 0.6 is 0 Å². The molecule has 0 amide bonds. The number of unbranched alkanes of at least 4 members (excludes halogenated alkanes) is 1. The molecule has 1 aliphatic heterocycles. The first-order valence-electron chi connectivity index (χ1n) is 7.68. The first kappa shape index (κ1) is 20.8. The van der Waals surface area contributed by atoms with Crippen molar-refractivity contribution in [3.05, 3.63) is 23.8 Å². The number of hydrogen-bond acceptors (Lipinski definition) is 5. The number of phenols is 1. The van der Waals surface area contributed by atoms with Gasteiger partial charge in [-0.15, -0.1) is 0 Å². The maximum Gasteiger partial charge on any atom is 1.00 e. The van der Waals surface area contributed by atoms with E-state index >= 15 is 0 Å². The quantitative estimate of drug-likeness (QED) is 0.589. The van der Waals surface area contributed by atoms with E-state index in [0.29, 0.717) is 6.42 Å². The van der Waals surface area contributed by atoms with Crippen molar-refractivity contribution in [1.29, 1.82) is 0 Å². The number of rotatable bonds is 5. The van der Waals surface area contributed by atoms with Crippen molar-refractivity contribution >= 4 is 15.8 Å². The molecular weight excluding hydrogens is 325 g/mol. The summed E-state index contributed by atoms with van der Waals surface area (Å²) in [6.07, 6.45) is 2.68. The van der Waals surface area contributed by atoms with Crippen molar-refractivity contribution in [3.63, 3.8) is 0 Å². The summed E-state index contributed by atoms with van der Waals surface area (Å²) >= 11 is 0. The van der Waals surface area contributed by atoms with Crippen LogP contribution in [-0.2, 0) is 10.1 Å². The maximum atomic E-state index is 11.2. The molecule has 1 aromatic rings. The zero-order valence-electron chi connectivity index (χ0n) is 14.4. The number of benzene rings is 1. The number of fused-ring (bicyclic) bond motifs is 1. The standard InChI is InChI=1S/C16H25NO4S.Na/c1-4-5-8-17-15-9-13(18)6-7-14(15)12(10-16(17,2)3)11-22(19,20)21;/h6-7,9,12,18H,4-5,8,10-11H2,1-3H3,(H,19,20,21);/q;+1/p-1. The van der Waals surface area contributed by atoms with Gasteiger partial charge in [0.1, 0.15) is 5.75 Å². The Balaban J connectivity index is 0.00000264. The van der Waals surface area contributed by atoms with E-state index in [-0.39, 0.29) is 46.8 Å². The van der Waals surface area contributed by atoms with Crippen LogP contribution in [0, 0.1) is 0 Å². The van der Waals surface area contributed by atoms with Gasteiger partial charge < -0.3 is 14.6 Å². The second-order valence-electron chi connectivity index (χ2n) is 6.69. The van der Waals surface area contributed by atoms with E-state index in [1.807, 2.05) is 0 Å². The van der Waals surface area contributed by atoms with Crippen LogP contribution in [-0.4, -0.2) is 35.9 Å². The van der Waals surface area contributed by atoms with Gasteiger partial charge in [0, 0.05) is 35.5 Å². The minimum atomic E-state index is -4.29. The fraction of sp³-hybridized carbons (Fsp3) is 0.625. The second-order valence-corrected chi connectivity index (χ2v) is 8.13. The summed E-state index contributed by atoms with van der Waals surface area (Å²) in [5.74, 6) is -0.566. The fourth-order valence-corrected chi connectivity index (χ4v) is 4.18. The largest absolute Gasteiger partial charge is 1.00 e. The zero-order valence-corrected chi connectivity index (χ0v) is 17.2. The number of anilines is 1. The Hall–Kier alpha value is -0.270. The summed E-state index contributed by atoms with van der Waals surface area (Å²) in [6.45, 7) is 7.07. The minimum absolute atomic E-state index is 0. The van der Waals surface area contributed by atoms with Crippen molar-refractivity contribution in [3.8, 4) is 5.75 Å². The third kappa shape index (κ3) is 5.10. The molecule has 1 heterocycles. The van der Waals surface area contributed by atoms with E-state index in [2.05, 4.69) is 25.7 Å². The Kier molecular flexibility index (Phi) is 6.99. The Morgan fingerprint density at radius 3 is 2.61 bits per heavy atom. The Bertz CT molecular complexity index is 645. The van der Waals surface area contributed by atoms with Crippen molar-refractivity contribution in [2.24, 2.45) is 0 Å². The average molecular weight is 349 g/mol. The van der Waals surface area contributed by atoms with Crippen LogP contribution in [0.5, 0.6) is 5.75 Å². The number of nitrogens with zero attached hydrogens (tertiary/aromatic N) is 1. The molecule has 5 nitrogen and oxygen atoms in total. The van der Waals surface area contributed by atoms with E-state index in [1.165, 1.54) is 0 Å². The fourth-order valence-electron chi connectivity index (χ4n) is 3.39. The molecule has 1 atom stereocenters. The maximum absolute atomic E-state index is 11.2. The second kappa shape index (κ2) is 7.74. The van der Waals surface area contributed by atoms with Crippen molar-refractivity contribution in [2.45, 2.75) is 51.5 Å². The molecule has 0 saturated heterocycles. The predicted molar refractivity (Wildman–Crippen MR) is 86.4 cm³/mol. The van der Waals surface area contributed by atoms with Gasteiger partial charge >= 0.3 is 29.6 Å². The van der Waals surface area contributed by atoms with E-state index in [4.69, 9.17) is 0 Å². The molecule has 7 heteroatoms. The summed E-state index contributed by atoms with van der Waals surface area (Å²) in [5, 5.41) is 9.81. The van der Waals surface area contributed by atoms with Gasteiger partial charge in [-0.1, -0.05) is 19.4 Å². The van der Waals surface area contributed by atoms with Crippen molar-refractivity contribution in [2.75, 3.05) is 17.2 Å². The van der Waals surface area contributed by atoms with Gasteiger partial charge in [-0.2, -0.15) is 0 Å².